The molecule has 0 unspecified atom stereocenters. The molecule has 1 aliphatic heterocycles. The fraction of sp³-hybridized carbons (Fsp3) is 0.833. The lowest BCUT2D eigenvalue weighted by Gasteiger charge is -2.29. The number of hydrogen-bond acceptors (Lipinski definition) is 1. The number of fused-ring (bicyclic) bond motifs is 2. The van der Waals surface area contributed by atoms with Crippen LogP contribution in [-0.4, -0.2) is 29.7 Å². The molecule has 2 rings (SSSR count). The number of nitrogens with zero attached hydrogens (tertiary/aromatic N) is 1. The summed E-state index contributed by atoms with van der Waals surface area (Å²) >= 11 is 0. The van der Waals surface area contributed by atoms with Crippen LogP contribution < -0.4 is 0 Å². The maximum absolute atomic E-state index is 10.9. The van der Waals surface area contributed by atoms with Crippen molar-refractivity contribution in [1.29, 1.82) is 0 Å². The maximum Gasteiger partial charge on any atom is 0.149 e. The van der Waals surface area contributed by atoms with Crippen molar-refractivity contribution < 1.29 is 9.37 Å². The zero-order valence-corrected chi connectivity index (χ0v) is 9.04. The van der Waals surface area contributed by atoms with Crippen molar-refractivity contribution in [3.05, 3.63) is 0 Å². The van der Waals surface area contributed by atoms with E-state index in [1.165, 1.54) is 32.2 Å². The molecule has 78 valence electrons. The van der Waals surface area contributed by atoms with Crippen molar-refractivity contribution in [2.24, 2.45) is 11.8 Å². The molecule has 0 saturated heterocycles. The molecule has 2 aliphatic rings. The lowest BCUT2D eigenvalue weighted by Crippen LogP contribution is -2.35. The number of hydrogen-bond donors (Lipinski definition) is 0. The molecule has 1 aliphatic carbocycles. The van der Waals surface area contributed by atoms with Crippen LogP contribution >= 0.6 is 0 Å². The molecule has 2 nitrogen and oxygen atoms in total. The number of Topliss-reactive ketones (excluding diaryl/α,β-unsaturated/α-hetero) is 1. The maximum atomic E-state index is 10.9. The highest BCUT2D eigenvalue weighted by molar-refractivity contribution is 5.75. The highest BCUT2D eigenvalue weighted by Gasteiger charge is 2.30. The van der Waals surface area contributed by atoms with Crippen molar-refractivity contribution in [1.82, 2.24) is 0 Å². The van der Waals surface area contributed by atoms with Gasteiger partial charge in [0.25, 0.3) is 0 Å². The molecule has 14 heavy (non-hydrogen) atoms. The summed E-state index contributed by atoms with van der Waals surface area (Å²) in [5.74, 6) is 2.04. The second kappa shape index (κ2) is 4.24. The Balaban J connectivity index is 1.92. The fourth-order valence-electron chi connectivity index (χ4n) is 2.79. The number of carbonyl (C=O) groups is 1. The quantitative estimate of drug-likeness (QED) is 0.628. The van der Waals surface area contributed by atoms with E-state index in [0.717, 1.165) is 24.8 Å². The smallest absolute Gasteiger partial charge is 0.149 e. The SMILES string of the molecule is CC(=O)CC[N+]1=C[C@H]2CCC[C@@H](C2)C1. The molecule has 0 N–H and O–H groups in total. The Kier molecular flexibility index (Phi) is 2.99. The lowest BCUT2D eigenvalue weighted by molar-refractivity contribution is -0.538. The van der Waals surface area contributed by atoms with Crippen molar-refractivity contribution >= 4 is 12.0 Å². The summed E-state index contributed by atoms with van der Waals surface area (Å²) in [4.78, 5) is 10.9. The average Bonchev–Trinajstić information content (AvgIpc) is 2.14. The fourth-order valence-corrected chi connectivity index (χ4v) is 2.79. The zero-order chi connectivity index (χ0) is 9.97. The average molecular weight is 194 g/mol. The van der Waals surface area contributed by atoms with Gasteiger partial charge in [-0.2, -0.15) is 0 Å². The van der Waals surface area contributed by atoms with Gasteiger partial charge in [-0.1, -0.05) is 6.42 Å². The van der Waals surface area contributed by atoms with Crippen molar-refractivity contribution in [3.63, 3.8) is 0 Å². The van der Waals surface area contributed by atoms with Crippen LogP contribution in [0.3, 0.4) is 0 Å². The van der Waals surface area contributed by atoms with Gasteiger partial charge in [0.1, 0.15) is 25.1 Å². The van der Waals surface area contributed by atoms with E-state index < -0.39 is 0 Å². The van der Waals surface area contributed by atoms with Gasteiger partial charge >= 0.3 is 0 Å². The Hall–Kier alpha value is -0.660. The van der Waals surface area contributed by atoms with Crippen LogP contribution in [-0.2, 0) is 4.79 Å². The molecule has 0 radical (unpaired) electrons. The molecule has 2 heteroatoms. The first kappa shape index (κ1) is 9.88. The van der Waals surface area contributed by atoms with Crippen LogP contribution in [0.1, 0.15) is 39.0 Å². The van der Waals surface area contributed by atoms with E-state index in [0.29, 0.717) is 5.78 Å². The summed E-state index contributed by atoms with van der Waals surface area (Å²) in [6.45, 7) is 3.83. The van der Waals surface area contributed by atoms with Crippen molar-refractivity contribution in [2.45, 2.75) is 39.0 Å². The van der Waals surface area contributed by atoms with Crippen molar-refractivity contribution in [3.8, 4) is 0 Å². The van der Waals surface area contributed by atoms with Crippen LogP contribution in [0.4, 0.5) is 0 Å². The molecule has 0 aromatic carbocycles. The number of carbonyl (C=O) groups excluding carboxylic acids is 1. The monoisotopic (exact) mass is 194 g/mol. The molecule has 1 heterocycles. The molecule has 0 spiro atoms. The normalized spacial score (nSPS) is 31.1. The lowest BCUT2D eigenvalue weighted by atomic mass is 9.80. The van der Waals surface area contributed by atoms with Gasteiger partial charge in [0.2, 0.25) is 0 Å². The Morgan fingerprint density at radius 1 is 1.50 bits per heavy atom. The third-order valence-corrected chi connectivity index (χ3v) is 3.49. The molecule has 0 amide bonds. The van der Waals surface area contributed by atoms with Gasteiger partial charge < -0.3 is 0 Å². The molecule has 1 fully saturated rings. The van der Waals surface area contributed by atoms with Gasteiger partial charge in [0.05, 0.1) is 6.42 Å². The summed E-state index contributed by atoms with van der Waals surface area (Å²) in [7, 11) is 0. The van der Waals surface area contributed by atoms with E-state index in [-0.39, 0.29) is 0 Å². The third kappa shape index (κ3) is 2.43. The largest absolute Gasteiger partial charge is 0.300 e. The van der Waals surface area contributed by atoms with Gasteiger partial charge in [0.15, 0.2) is 0 Å². The van der Waals surface area contributed by atoms with Crippen LogP contribution in [0.25, 0.3) is 0 Å². The van der Waals surface area contributed by atoms with E-state index in [1.54, 1.807) is 6.92 Å². The number of rotatable bonds is 3. The zero-order valence-electron chi connectivity index (χ0n) is 9.04. The summed E-state index contributed by atoms with van der Waals surface area (Å²) in [6, 6.07) is 0. The first-order chi connectivity index (χ1) is 6.74. The molecular formula is C12H20NO+. The van der Waals surface area contributed by atoms with E-state index in [1.807, 2.05) is 0 Å². The Morgan fingerprint density at radius 2 is 2.36 bits per heavy atom. The Bertz CT molecular complexity index is 257. The topological polar surface area (TPSA) is 20.1 Å². The molecule has 0 aromatic heterocycles. The van der Waals surface area contributed by atoms with Crippen LogP contribution in [0.15, 0.2) is 0 Å². The second-order valence-corrected chi connectivity index (χ2v) is 4.89. The van der Waals surface area contributed by atoms with Gasteiger partial charge in [0, 0.05) is 11.8 Å². The van der Waals surface area contributed by atoms with Crippen LogP contribution in [0, 0.1) is 11.8 Å². The van der Waals surface area contributed by atoms with E-state index in [2.05, 4.69) is 10.8 Å². The predicted octanol–water partition coefficient (Wildman–Crippen LogP) is 1.87. The van der Waals surface area contributed by atoms with Gasteiger partial charge in [-0.15, -0.1) is 0 Å². The van der Waals surface area contributed by atoms with Crippen LogP contribution in [0.2, 0.25) is 0 Å². The first-order valence-electron chi connectivity index (χ1n) is 5.82. The summed E-state index contributed by atoms with van der Waals surface area (Å²) in [6.07, 6.45) is 8.69. The van der Waals surface area contributed by atoms with E-state index in [4.69, 9.17) is 0 Å². The Morgan fingerprint density at radius 3 is 3.07 bits per heavy atom. The first-order valence-corrected chi connectivity index (χ1v) is 5.82. The van der Waals surface area contributed by atoms with Gasteiger partial charge in [-0.25, -0.2) is 4.58 Å². The molecular weight excluding hydrogens is 174 g/mol. The van der Waals surface area contributed by atoms with Crippen molar-refractivity contribution in [2.75, 3.05) is 13.1 Å². The van der Waals surface area contributed by atoms with Gasteiger partial charge in [-0.3, -0.25) is 4.79 Å². The minimum Gasteiger partial charge on any atom is -0.300 e. The standard InChI is InChI=1S/C12H20NO/c1-10(14)5-6-13-8-11-3-2-4-12(7-11)9-13/h8,11-12H,2-7,9H2,1H3/q+1/t11-,12-/m0/s1. The molecule has 0 aromatic rings. The summed E-state index contributed by atoms with van der Waals surface area (Å²) in [5.41, 5.74) is 0. The third-order valence-electron chi connectivity index (χ3n) is 3.49. The summed E-state index contributed by atoms with van der Waals surface area (Å²) in [5, 5.41) is 0. The van der Waals surface area contributed by atoms with E-state index in [9.17, 15) is 4.79 Å². The predicted molar refractivity (Wildman–Crippen MR) is 56.8 cm³/mol. The highest BCUT2D eigenvalue weighted by Crippen LogP contribution is 2.30. The molecule has 1 saturated carbocycles. The van der Waals surface area contributed by atoms with E-state index >= 15 is 0 Å². The Labute approximate surface area is 86.0 Å². The second-order valence-electron chi connectivity index (χ2n) is 4.89. The number of ketones is 1. The highest BCUT2D eigenvalue weighted by atomic mass is 16.1. The molecule has 2 atom stereocenters. The molecule has 2 bridgehead atoms. The minimum atomic E-state index is 0.314. The minimum absolute atomic E-state index is 0.314. The summed E-state index contributed by atoms with van der Waals surface area (Å²) < 4.78 is 2.39. The van der Waals surface area contributed by atoms with Gasteiger partial charge in [-0.05, 0) is 26.2 Å². The van der Waals surface area contributed by atoms with Crippen LogP contribution in [0.5, 0.6) is 0 Å².